The maximum absolute atomic E-state index is 13.4. The van der Waals surface area contributed by atoms with Gasteiger partial charge >= 0.3 is 6.18 Å². The summed E-state index contributed by atoms with van der Waals surface area (Å²) in [4.78, 5) is 9.72. The lowest BCUT2D eigenvalue weighted by atomic mass is 9.70. The molecule has 42 heavy (non-hydrogen) atoms. The van der Waals surface area contributed by atoms with E-state index < -0.39 is 31.8 Å². The minimum Gasteiger partial charge on any atom is -0.410 e. The minimum absolute atomic E-state index is 0.00276. The van der Waals surface area contributed by atoms with Crippen LogP contribution in [0.25, 0.3) is 0 Å². The van der Waals surface area contributed by atoms with E-state index >= 15 is 0 Å². The van der Waals surface area contributed by atoms with Gasteiger partial charge in [-0.15, -0.1) is 0 Å². The number of rotatable bonds is 4. The molecule has 1 spiro atoms. The number of halogens is 4. The molecule has 0 saturated carbocycles. The van der Waals surface area contributed by atoms with E-state index in [0.29, 0.717) is 25.3 Å². The Bertz CT molecular complexity index is 1340. The molecule has 3 unspecified atom stereocenters. The fraction of sp³-hybridized carbons (Fsp3) is 0.688. The Balaban J connectivity index is 1.79. The Kier molecular flexibility index (Phi) is 8.29. The summed E-state index contributed by atoms with van der Waals surface area (Å²) in [6.45, 7) is 21.3. The van der Waals surface area contributed by atoms with Gasteiger partial charge in [0.05, 0.1) is 27.9 Å². The molecular formula is C32H44F3IN2O3Si. The molecule has 0 amide bonds. The Labute approximate surface area is 263 Å². The van der Waals surface area contributed by atoms with Crippen molar-refractivity contribution in [1.29, 1.82) is 0 Å². The molecule has 4 atom stereocenters. The zero-order valence-corrected chi connectivity index (χ0v) is 29.4. The van der Waals surface area contributed by atoms with Gasteiger partial charge < -0.3 is 13.9 Å². The molecule has 3 aliphatic rings. The number of aromatic nitrogens is 2. The first kappa shape index (κ1) is 32.3. The molecule has 0 N–H and O–H groups in total. The summed E-state index contributed by atoms with van der Waals surface area (Å²) in [5.74, 6) is 0.0806. The third-order valence-corrected chi connectivity index (χ3v) is 15.5. The number of nitrogens with zero attached hydrogens (tertiary/aromatic N) is 2. The van der Waals surface area contributed by atoms with Crippen LogP contribution in [0.5, 0.6) is 0 Å². The Morgan fingerprint density at radius 3 is 2.36 bits per heavy atom. The highest BCUT2D eigenvalue weighted by Crippen LogP contribution is 2.60. The van der Waals surface area contributed by atoms with Crippen molar-refractivity contribution in [2.24, 2.45) is 5.41 Å². The topological polar surface area (TPSA) is 53.5 Å². The highest BCUT2D eigenvalue weighted by Gasteiger charge is 2.57. The van der Waals surface area contributed by atoms with Crippen molar-refractivity contribution in [2.75, 3.05) is 13.2 Å². The molecule has 2 aromatic heterocycles. The zero-order chi connectivity index (χ0) is 31.0. The second-order valence-corrected chi connectivity index (χ2v) is 21.1. The predicted octanol–water partition coefficient (Wildman–Crippen LogP) is 9.19. The highest BCUT2D eigenvalue weighted by atomic mass is 127. The first-order valence-electron chi connectivity index (χ1n) is 14.9. The lowest BCUT2D eigenvalue weighted by Crippen LogP contribution is -2.47. The van der Waals surface area contributed by atoms with E-state index in [4.69, 9.17) is 18.9 Å². The van der Waals surface area contributed by atoms with Crippen LogP contribution < -0.4 is 0 Å². The maximum atomic E-state index is 13.4. The molecule has 5 rings (SSSR count). The van der Waals surface area contributed by atoms with Crippen LogP contribution in [0.15, 0.2) is 18.3 Å². The van der Waals surface area contributed by atoms with Gasteiger partial charge in [0.25, 0.3) is 0 Å². The number of pyridine rings is 2. The molecule has 0 aromatic carbocycles. The monoisotopic (exact) mass is 716 g/mol. The average Bonchev–Trinajstić information content (AvgIpc) is 3.18. The summed E-state index contributed by atoms with van der Waals surface area (Å²) in [6, 6.07) is 2.57. The fourth-order valence-electron chi connectivity index (χ4n) is 6.47. The van der Waals surface area contributed by atoms with Gasteiger partial charge in [-0.05, 0) is 54.4 Å². The molecule has 10 heteroatoms. The van der Waals surface area contributed by atoms with Gasteiger partial charge in [-0.25, -0.2) is 0 Å². The quantitative estimate of drug-likeness (QED) is 0.180. The number of hydrogen-bond acceptors (Lipinski definition) is 5. The summed E-state index contributed by atoms with van der Waals surface area (Å²) in [6.07, 6.45) is -1.98. The van der Waals surface area contributed by atoms with Gasteiger partial charge in [0.2, 0.25) is 0 Å². The number of hydrogen-bond donors (Lipinski definition) is 0. The van der Waals surface area contributed by atoms with Crippen LogP contribution in [0.4, 0.5) is 13.2 Å². The van der Waals surface area contributed by atoms with Gasteiger partial charge in [-0.1, -0.05) is 71.1 Å². The first-order chi connectivity index (χ1) is 19.3. The summed E-state index contributed by atoms with van der Waals surface area (Å²) in [5.41, 5.74) is 4.24. The van der Waals surface area contributed by atoms with Crippen LogP contribution in [0.3, 0.4) is 0 Å². The summed E-state index contributed by atoms with van der Waals surface area (Å²) >= 11 is 2.44. The molecule has 0 radical (unpaired) electrons. The van der Waals surface area contributed by atoms with Gasteiger partial charge in [-0.2, -0.15) is 13.2 Å². The normalized spacial score (nSPS) is 27.8. The van der Waals surface area contributed by atoms with Gasteiger partial charge in [-0.3, -0.25) is 9.97 Å². The average molecular weight is 717 g/mol. The van der Waals surface area contributed by atoms with Crippen LogP contribution in [-0.2, 0) is 32.1 Å². The van der Waals surface area contributed by atoms with Crippen molar-refractivity contribution >= 4 is 30.9 Å². The largest absolute Gasteiger partial charge is 0.417 e. The highest BCUT2D eigenvalue weighted by molar-refractivity contribution is 14.1. The van der Waals surface area contributed by atoms with Crippen LogP contribution in [0.1, 0.15) is 119 Å². The van der Waals surface area contributed by atoms with Crippen molar-refractivity contribution in [3.8, 4) is 0 Å². The van der Waals surface area contributed by atoms with Crippen molar-refractivity contribution in [3.63, 3.8) is 0 Å². The lowest BCUT2D eigenvalue weighted by molar-refractivity contribution is -0.138. The lowest BCUT2D eigenvalue weighted by Gasteiger charge is -2.47. The van der Waals surface area contributed by atoms with E-state index in [0.717, 1.165) is 53.2 Å². The second kappa shape index (κ2) is 10.8. The molecule has 1 aliphatic carbocycles. The third-order valence-electron chi connectivity index (χ3n) is 9.66. The van der Waals surface area contributed by atoms with Gasteiger partial charge in [0, 0.05) is 47.3 Å². The Morgan fingerprint density at radius 2 is 1.81 bits per heavy atom. The molecule has 5 nitrogen and oxygen atoms in total. The smallest absolute Gasteiger partial charge is 0.410 e. The minimum atomic E-state index is -4.46. The van der Waals surface area contributed by atoms with Crippen LogP contribution in [0.2, 0.25) is 18.1 Å². The van der Waals surface area contributed by atoms with Gasteiger partial charge in [0.15, 0.2) is 8.32 Å². The standard InChI is InChI=1S/C32H44F3IN2O3Si/c1-18(2)27-25-26(24-21(38-27)14-30(6,7)15-22(24)41-42(8,9)29(3,4)5)31(12-13-39-17-23(31)36)40-28(25)20-11-10-19(16-37-20)32(33,34)35/h10-11,16,18,22-23,28H,12-15,17H2,1-9H3/t22?,23?,28-,31?/m1/s1. The van der Waals surface area contributed by atoms with E-state index in [9.17, 15) is 13.2 Å². The summed E-state index contributed by atoms with van der Waals surface area (Å²) in [5, 5.41) is 0.0224. The van der Waals surface area contributed by atoms with Crippen molar-refractivity contribution < 1.29 is 27.1 Å². The second-order valence-electron chi connectivity index (χ2n) is 14.9. The Morgan fingerprint density at radius 1 is 1.12 bits per heavy atom. The molecule has 2 aromatic rings. The van der Waals surface area contributed by atoms with Gasteiger partial charge in [0.1, 0.15) is 11.7 Å². The fourth-order valence-corrected chi connectivity index (χ4v) is 8.76. The van der Waals surface area contributed by atoms with E-state index in [-0.39, 0.29) is 26.4 Å². The van der Waals surface area contributed by atoms with Crippen LogP contribution in [0, 0.1) is 5.41 Å². The maximum Gasteiger partial charge on any atom is 0.417 e. The molecule has 0 bridgehead atoms. The van der Waals surface area contributed by atoms with Crippen molar-refractivity contribution in [3.05, 3.63) is 57.7 Å². The molecular weight excluding hydrogens is 672 g/mol. The number of ether oxygens (including phenoxy) is 2. The number of alkyl halides is 4. The molecule has 1 fully saturated rings. The van der Waals surface area contributed by atoms with E-state index in [1.165, 1.54) is 6.07 Å². The van der Waals surface area contributed by atoms with E-state index in [2.05, 4.69) is 89.1 Å². The zero-order valence-electron chi connectivity index (χ0n) is 26.2. The Hall–Kier alpha value is -1.08. The predicted molar refractivity (Wildman–Crippen MR) is 169 cm³/mol. The number of fused-ring (bicyclic) bond motifs is 4. The first-order valence-corrected chi connectivity index (χ1v) is 19.1. The van der Waals surface area contributed by atoms with Crippen LogP contribution in [-0.4, -0.2) is 35.4 Å². The van der Waals surface area contributed by atoms with E-state index in [1.807, 2.05) is 0 Å². The summed E-state index contributed by atoms with van der Waals surface area (Å²) < 4.78 is 60.6. The van der Waals surface area contributed by atoms with E-state index in [1.54, 1.807) is 0 Å². The molecule has 4 heterocycles. The van der Waals surface area contributed by atoms with Crippen molar-refractivity contribution in [1.82, 2.24) is 9.97 Å². The molecule has 1 saturated heterocycles. The third kappa shape index (κ3) is 5.60. The molecule has 2 aliphatic heterocycles. The SMILES string of the molecule is CC(C)c1nc2c(c3c1[C@@H](c1ccc(C(F)(F)F)cn1)OC31CCOCC1I)C(O[Si](C)(C)C(C)(C)C)CC(C)(C)C2. The van der Waals surface area contributed by atoms with Crippen LogP contribution >= 0.6 is 22.6 Å². The molecule has 232 valence electrons. The summed E-state index contributed by atoms with van der Waals surface area (Å²) in [7, 11) is -2.19. The van der Waals surface area contributed by atoms with Crippen molar-refractivity contribution in [2.45, 2.75) is 120 Å².